The van der Waals surface area contributed by atoms with Crippen LogP contribution in [0.15, 0.2) is 78.9 Å². The zero-order valence-corrected chi connectivity index (χ0v) is 25.9. The van der Waals surface area contributed by atoms with Crippen LogP contribution in [0.4, 0.5) is 5.69 Å². The second kappa shape index (κ2) is 20.8. The van der Waals surface area contributed by atoms with Gasteiger partial charge in [0.25, 0.3) is 5.91 Å². The number of benzene rings is 3. The van der Waals surface area contributed by atoms with Gasteiger partial charge in [-0.2, -0.15) is 0 Å². The molecule has 0 aliphatic carbocycles. The molecular formula is C36H47N3O5. The average molecular weight is 602 g/mol. The van der Waals surface area contributed by atoms with Crippen molar-refractivity contribution in [1.82, 2.24) is 10.8 Å². The molecule has 0 atom stereocenters. The molecule has 3 N–H and O–H groups in total. The minimum absolute atomic E-state index is 0.0748. The smallest absolute Gasteiger partial charge is 0.364 e. The van der Waals surface area contributed by atoms with Crippen molar-refractivity contribution in [3.05, 3.63) is 101 Å². The molecule has 0 aliphatic heterocycles. The van der Waals surface area contributed by atoms with Crippen molar-refractivity contribution < 1.29 is 24.1 Å². The molecule has 0 fully saturated rings. The first-order chi connectivity index (χ1) is 21.5. The number of amides is 1. The standard InChI is InChI=1S/C36H47N3O5/c1-2-3-4-5-6-7-8-9-10-14-25-37-35(41)32-21-17-30(18-22-32)27-38-44-36(42)34(40)26-29-19-23-33(24-20-29)39-43-28-31-15-12-11-13-16-31/h11-13,15-24,38-39H,2-10,14,25-28H2,1H3,(H,37,41). The topological polar surface area (TPSA) is 106 Å². The summed E-state index contributed by atoms with van der Waals surface area (Å²) in [4.78, 5) is 47.3. The molecule has 44 heavy (non-hydrogen) atoms. The van der Waals surface area contributed by atoms with E-state index in [0.717, 1.165) is 29.7 Å². The zero-order chi connectivity index (χ0) is 31.2. The minimum atomic E-state index is -0.957. The molecule has 0 saturated carbocycles. The molecule has 0 aromatic heterocycles. The first-order valence-electron chi connectivity index (χ1n) is 15.9. The summed E-state index contributed by atoms with van der Waals surface area (Å²) in [5.41, 5.74) is 9.26. The molecule has 1 amide bonds. The highest BCUT2D eigenvalue weighted by atomic mass is 16.7. The van der Waals surface area contributed by atoms with E-state index in [2.05, 4.69) is 23.2 Å². The fourth-order valence-electron chi connectivity index (χ4n) is 4.66. The Morgan fingerprint density at radius 2 is 1.27 bits per heavy atom. The van der Waals surface area contributed by atoms with Crippen molar-refractivity contribution in [2.45, 2.75) is 90.7 Å². The molecular weight excluding hydrogens is 554 g/mol. The molecule has 0 saturated heterocycles. The molecule has 0 bridgehead atoms. The Balaban J connectivity index is 1.24. The first kappa shape index (κ1) is 34.5. The highest BCUT2D eigenvalue weighted by Crippen LogP contribution is 2.13. The minimum Gasteiger partial charge on any atom is -0.364 e. The lowest BCUT2D eigenvalue weighted by Gasteiger charge is -2.09. The highest BCUT2D eigenvalue weighted by Gasteiger charge is 2.16. The molecule has 3 rings (SSSR count). The van der Waals surface area contributed by atoms with E-state index < -0.39 is 11.8 Å². The molecule has 8 heteroatoms. The summed E-state index contributed by atoms with van der Waals surface area (Å²) in [5.74, 6) is -1.71. The highest BCUT2D eigenvalue weighted by molar-refractivity contribution is 6.34. The van der Waals surface area contributed by atoms with E-state index in [9.17, 15) is 14.4 Å². The second-order valence-electron chi connectivity index (χ2n) is 11.0. The van der Waals surface area contributed by atoms with Gasteiger partial charge in [0.1, 0.15) is 0 Å². The van der Waals surface area contributed by atoms with E-state index in [1.54, 1.807) is 48.5 Å². The van der Waals surface area contributed by atoms with Gasteiger partial charge < -0.3 is 10.2 Å². The van der Waals surface area contributed by atoms with Crippen LogP contribution in [0.25, 0.3) is 0 Å². The third-order valence-corrected chi connectivity index (χ3v) is 7.29. The number of unbranched alkanes of at least 4 members (excludes halogenated alkanes) is 9. The van der Waals surface area contributed by atoms with Crippen molar-refractivity contribution in [3.8, 4) is 0 Å². The summed E-state index contributed by atoms with van der Waals surface area (Å²) in [5, 5.41) is 2.98. The van der Waals surface area contributed by atoms with Gasteiger partial charge in [-0.15, -0.1) is 5.48 Å². The van der Waals surface area contributed by atoms with Gasteiger partial charge in [-0.3, -0.25) is 19.9 Å². The number of anilines is 1. The number of ketones is 1. The van der Waals surface area contributed by atoms with E-state index in [-0.39, 0.29) is 18.9 Å². The van der Waals surface area contributed by atoms with Gasteiger partial charge in [0.2, 0.25) is 5.78 Å². The third-order valence-electron chi connectivity index (χ3n) is 7.29. The SMILES string of the molecule is CCCCCCCCCCCCNC(=O)c1ccc(CNOC(=O)C(=O)Cc2ccc(NOCc3ccccc3)cc2)cc1. The summed E-state index contributed by atoms with van der Waals surface area (Å²) in [6.45, 7) is 3.54. The van der Waals surface area contributed by atoms with Gasteiger partial charge in [0.15, 0.2) is 0 Å². The molecule has 0 radical (unpaired) electrons. The van der Waals surface area contributed by atoms with E-state index in [0.29, 0.717) is 24.3 Å². The molecule has 0 unspecified atom stereocenters. The van der Waals surface area contributed by atoms with Crippen molar-refractivity contribution in [1.29, 1.82) is 0 Å². The van der Waals surface area contributed by atoms with Crippen molar-refractivity contribution in [2.24, 2.45) is 0 Å². The Hall–Kier alpha value is -4.01. The number of nitrogens with one attached hydrogen (secondary N) is 3. The van der Waals surface area contributed by atoms with Gasteiger partial charge in [-0.1, -0.05) is 119 Å². The van der Waals surface area contributed by atoms with Crippen LogP contribution in [0.2, 0.25) is 0 Å². The summed E-state index contributed by atoms with van der Waals surface area (Å²) < 4.78 is 0. The molecule has 236 valence electrons. The van der Waals surface area contributed by atoms with Gasteiger partial charge in [-0.05, 0) is 47.4 Å². The maximum absolute atomic E-state index is 12.4. The fourth-order valence-corrected chi connectivity index (χ4v) is 4.66. The van der Waals surface area contributed by atoms with Crippen LogP contribution in [-0.2, 0) is 38.8 Å². The lowest BCUT2D eigenvalue weighted by Crippen LogP contribution is -2.27. The van der Waals surface area contributed by atoms with Crippen LogP contribution in [-0.4, -0.2) is 24.2 Å². The normalized spacial score (nSPS) is 10.8. The lowest BCUT2D eigenvalue weighted by molar-refractivity contribution is -0.159. The maximum atomic E-state index is 12.4. The maximum Gasteiger partial charge on any atom is 0.393 e. The zero-order valence-electron chi connectivity index (χ0n) is 25.9. The third kappa shape index (κ3) is 14.0. The van der Waals surface area contributed by atoms with Crippen LogP contribution in [0, 0.1) is 0 Å². The first-order valence-corrected chi connectivity index (χ1v) is 15.9. The van der Waals surface area contributed by atoms with Crippen LogP contribution in [0.3, 0.4) is 0 Å². The number of carbonyl (C=O) groups is 3. The molecule has 3 aromatic carbocycles. The number of Topliss-reactive ketones (excluding diaryl/α,β-unsaturated/α-hetero) is 1. The van der Waals surface area contributed by atoms with Gasteiger partial charge >= 0.3 is 5.97 Å². The molecule has 0 spiro atoms. The predicted molar refractivity (Wildman–Crippen MR) is 174 cm³/mol. The molecule has 0 heterocycles. The van der Waals surface area contributed by atoms with E-state index in [4.69, 9.17) is 9.68 Å². The van der Waals surface area contributed by atoms with Gasteiger partial charge in [0, 0.05) is 18.5 Å². The monoisotopic (exact) mass is 601 g/mol. The Morgan fingerprint density at radius 1 is 0.659 bits per heavy atom. The van der Waals surface area contributed by atoms with Crippen molar-refractivity contribution >= 4 is 23.3 Å². The quantitative estimate of drug-likeness (QED) is 0.0633. The predicted octanol–water partition coefficient (Wildman–Crippen LogP) is 7.24. The van der Waals surface area contributed by atoms with Gasteiger partial charge in [0.05, 0.1) is 18.8 Å². The average Bonchev–Trinajstić information content (AvgIpc) is 3.05. The van der Waals surface area contributed by atoms with E-state index >= 15 is 0 Å². The Kier molecular flexibility index (Phi) is 16.3. The number of rotatable bonds is 22. The molecule has 8 nitrogen and oxygen atoms in total. The van der Waals surface area contributed by atoms with Crippen molar-refractivity contribution in [3.63, 3.8) is 0 Å². The Morgan fingerprint density at radius 3 is 1.93 bits per heavy atom. The van der Waals surface area contributed by atoms with E-state index in [1.807, 2.05) is 30.3 Å². The Bertz CT molecular complexity index is 1250. The number of hydrogen-bond acceptors (Lipinski definition) is 7. The van der Waals surface area contributed by atoms with Crippen LogP contribution in [0.1, 0.15) is 98.2 Å². The molecule has 0 aliphatic rings. The van der Waals surface area contributed by atoms with Crippen LogP contribution < -0.4 is 16.3 Å². The number of carbonyl (C=O) groups excluding carboxylic acids is 3. The molecule has 3 aromatic rings. The Labute approximate surface area is 261 Å². The summed E-state index contributed by atoms with van der Waals surface area (Å²) in [7, 11) is 0. The van der Waals surface area contributed by atoms with Gasteiger partial charge in [-0.25, -0.2) is 4.79 Å². The summed E-state index contributed by atoms with van der Waals surface area (Å²) in [6.07, 6.45) is 12.5. The largest absolute Gasteiger partial charge is 0.393 e. The number of hydroxylamine groups is 1. The van der Waals surface area contributed by atoms with Crippen molar-refractivity contribution in [2.75, 3.05) is 12.0 Å². The van der Waals surface area contributed by atoms with Crippen LogP contribution >= 0.6 is 0 Å². The van der Waals surface area contributed by atoms with E-state index in [1.165, 1.54) is 51.4 Å². The number of hydrogen-bond donors (Lipinski definition) is 3. The van der Waals surface area contributed by atoms with Crippen LogP contribution in [0.5, 0.6) is 0 Å². The second-order valence-corrected chi connectivity index (χ2v) is 11.0. The lowest BCUT2D eigenvalue weighted by atomic mass is 10.1. The summed E-state index contributed by atoms with van der Waals surface area (Å²) >= 11 is 0. The summed E-state index contributed by atoms with van der Waals surface area (Å²) in [6, 6.07) is 23.9. The fraction of sp³-hybridized carbons (Fsp3) is 0.417.